The van der Waals surface area contributed by atoms with Crippen molar-refractivity contribution in [3.63, 3.8) is 0 Å². The predicted molar refractivity (Wildman–Crippen MR) is 121 cm³/mol. The molecule has 1 amide bonds. The first kappa shape index (κ1) is 21.5. The summed E-state index contributed by atoms with van der Waals surface area (Å²) in [5.41, 5.74) is -0.237. The van der Waals surface area contributed by atoms with E-state index in [0.717, 1.165) is 40.6 Å². The number of anilines is 1. The summed E-state index contributed by atoms with van der Waals surface area (Å²) < 4.78 is 42.4. The van der Waals surface area contributed by atoms with Gasteiger partial charge >= 0.3 is 0 Å². The number of hydrogen-bond acceptors (Lipinski definition) is 3. The third-order valence-electron chi connectivity index (χ3n) is 5.84. The second-order valence-electron chi connectivity index (χ2n) is 7.84. The van der Waals surface area contributed by atoms with Crippen LogP contribution in [0.5, 0.6) is 0 Å². The molecule has 4 nitrogen and oxygen atoms in total. The van der Waals surface area contributed by atoms with E-state index in [-0.39, 0.29) is 11.1 Å². The van der Waals surface area contributed by atoms with Crippen LogP contribution >= 0.6 is 0 Å². The molecule has 4 aromatic carbocycles. The molecule has 7 heteroatoms. The van der Waals surface area contributed by atoms with Crippen molar-refractivity contribution >= 4 is 33.9 Å². The molecule has 34 heavy (non-hydrogen) atoms. The molecule has 1 fully saturated rings. The fourth-order valence-electron chi connectivity index (χ4n) is 4.29. The normalized spacial score (nSPS) is 17.5. The largest absolute Gasteiger partial charge is 0.507 e. The van der Waals surface area contributed by atoms with Crippen molar-refractivity contribution < 1.29 is 27.9 Å². The van der Waals surface area contributed by atoms with Gasteiger partial charge < -0.3 is 5.11 Å². The highest BCUT2D eigenvalue weighted by molar-refractivity contribution is 6.51. The number of carbonyl (C=O) groups is 2. The first-order chi connectivity index (χ1) is 16.4. The summed E-state index contributed by atoms with van der Waals surface area (Å²) >= 11 is 0. The molecule has 1 heterocycles. The van der Waals surface area contributed by atoms with E-state index >= 15 is 0 Å². The lowest BCUT2D eigenvalue weighted by Crippen LogP contribution is -2.30. The van der Waals surface area contributed by atoms with Crippen LogP contribution in [-0.2, 0) is 9.59 Å². The number of aliphatic hydroxyl groups is 1. The van der Waals surface area contributed by atoms with Gasteiger partial charge in [0.05, 0.1) is 17.3 Å². The molecule has 4 aromatic rings. The van der Waals surface area contributed by atoms with Crippen LogP contribution in [0.25, 0.3) is 16.5 Å². The van der Waals surface area contributed by atoms with Crippen molar-refractivity contribution in [2.45, 2.75) is 6.04 Å². The second kappa shape index (κ2) is 8.19. The van der Waals surface area contributed by atoms with Gasteiger partial charge in [-0.2, -0.15) is 0 Å². The number of halogens is 3. The van der Waals surface area contributed by atoms with Crippen LogP contribution in [0.3, 0.4) is 0 Å². The van der Waals surface area contributed by atoms with Crippen LogP contribution in [0.4, 0.5) is 18.9 Å². The van der Waals surface area contributed by atoms with E-state index in [4.69, 9.17) is 0 Å². The summed E-state index contributed by atoms with van der Waals surface area (Å²) in [4.78, 5) is 27.1. The Hall–Kier alpha value is -4.39. The third-order valence-corrected chi connectivity index (χ3v) is 5.84. The lowest BCUT2D eigenvalue weighted by molar-refractivity contribution is -0.132. The molecule has 0 aliphatic carbocycles. The zero-order chi connectivity index (χ0) is 24.0. The van der Waals surface area contributed by atoms with E-state index in [1.54, 1.807) is 24.3 Å². The standard InChI is InChI=1S/C27H16F3NO3/c28-17-10-8-16(9-11-17)24-23(25(32)20-7-3-5-15-4-1-2-6-19(15)20)26(33)27(34)31(24)22-14-18(29)12-13-21(22)30/h1-14,24,32H/b25-23-. The summed E-state index contributed by atoms with van der Waals surface area (Å²) in [6.45, 7) is 0. The van der Waals surface area contributed by atoms with Crippen LogP contribution in [-0.4, -0.2) is 16.8 Å². The minimum Gasteiger partial charge on any atom is -0.507 e. The fraction of sp³-hybridized carbons (Fsp3) is 0.0370. The van der Waals surface area contributed by atoms with Gasteiger partial charge in [-0.05, 0) is 40.6 Å². The van der Waals surface area contributed by atoms with Crippen LogP contribution in [0.15, 0.2) is 90.5 Å². The Balaban J connectivity index is 1.80. The lowest BCUT2D eigenvalue weighted by Gasteiger charge is -2.26. The molecule has 1 unspecified atom stereocenters. The molecule has 1 saturated heterocycles. The van der Waals surface area contributed by atoms with E-state index in [1.807, 2.05) is 18.2 Å². The molecular formula is C27H16F3NO3. The van der Waals surface area contributed by atoms with Crippen molar-refractivity contribution in [3.05, 3.63) is 119 Å². The molecule has 0 saturated carbocycles. The van der Waals surface area contributed by atoms with Crippen molar-refractivity contribution in [2.24, 2.45) is 0 Å². The Kier molecular flexibility index (Phi) is 5.17. The molecule has 0 spiro atoms. The van der Waals surface area contributed by atoms with E-state index in [1.165, 1.54) is 12.1 Å². The molecule has 168 valence electrons. The number of nitrogens with zero attached hydrogens (tertiary/aromatic N) is 1. The number of amides is 1. The number of rotatable bonds is 3. The molecular weight excluding hydrogens is 443 g/mol. The fourth-order valence-corrected chi connectivity index (χ4v) is 4.29. The van der Waals surface area contributed by atoms with Crippen molar-refractivity contribution in [1.29, 1.82) is 0 Å². The number of benzene rings is 4. The zero-order valence-corrected chi connectivity index (χ0v) is 17.5. The molecule has 1 aliphatic rings. The quantitative estimate of drug-likeness (QED) is 0.236. The van der Waals surface area contributed by atoms with E-state index in [0.29, 0.717) is 10.9 Å². The minimum atomic E-state index is -1.31. The van der Waals surface area contributed by atoms with Gasteiger partial charge in [-0.25, -0.2) is 13.2 Å². The van der Waals surface area contributed by atoms with Gasteiger partial charge in [0.15, 0.2) is 0 Å². The Morgan fingerprint density at radius 2 is 1.47 bits per heavy atom. The zero-order valence-electron chi connectivity index (χ0n) is 17.5. The topological polar surface area (TPSA) is 57.6 Å². The average Bonchev–Trinajstić information content (AvgIpc) is 3.10. The highest BCUT2D eigenvalue weighted by Crippen LogP contribution is 2.43. The van der Waals surface area contributed by atoms with Crippen molar-refractivity contribution in [2.75, 3.05) is 4.90 Å². The van der Waals surface area contributed by atoms with Gasteiger partial charge in [-0.15, -0.1) is 0 Å². The van der Waals surface area contributed by atoms with E-state index in [2.05, 4.69) is 0 Å². The van der Waals surface area contributed by atoms with Gasteiger partial charge in [0.1, 0.15) is 23.2 Å². The lowest BCUT2D eigenvalue weighted by atomic mass is 9.93. The van der Waals surface area contributed by atoms with Crippen molar-refractivity contribution in [1.82, 2.24) is 0 Å². The predicted octanol–water partition coefficient (Wildman–Crippen LogP) is 5.88. The molecule has 0 bridgehead atoms. The van der Waals surface area contributed by atoms with Gasteiger partial charge in [-0.1, -0.05) is 54.6 Å². The number of fused-ring (bicyclic) bond motifs is 1. The van der Waals surface area contributed by atoms with Crippen LogP contribution in [0.2, 0.25) is 0 Å². The SMILES string of the molecule is O=C1C(=O)N(c2cc(F)ccc2F)C(c2ccc(F)cc2)/C1=C(/O)c1cccc2ccccc12. The summed E-state index contributed by atoms with van der Waals surface area (Å²) in [5.74, 6) is -4.98. The number of carbonyl (C=O) groups excluding carboxylic acids is 2. The molecule has 5 rings (SSSR count). The number of hydrogen-bond donors (Lipinski definition) is 1. The molecule has 1 N–H and O–H groups in total. The Bertz CT molecular complexity index is 1490. The minimum absolute atomic E-state index is 0.242. The third kappa shape index (κ3) is 3.42. The smallest absolute Gasteiger partial charge is 0.300 e. The maximum Gasteiger partial charge on any atom is 0.300 e. The maximum atomic E-state index is 14.7. The molecule has 0 aromatic heterocycles. The van der Waals surface area contributed by atoms with Crippen LogP contribution < -0.4 is 4.90 Å². The Labute approximate surface area is 192 Å². The van der Waals surface area contributed by atoms with Gasteiger partial charge in [0.25, 0.3) is 11.7 Å². The molecule has 1 aliphatic heterocycles. The number of aliphatic hydroxyl groups excluding tert-OH is 1. The molecule has 1 atom stereocenters. The maximum absolute atomic E-state index is 14.7. The van der Waals surface area contributed by atoms with E-state index in [9.17, 15) is 27.9 Å². The van der Waals surface area contributed by atoms with E-state index < -0.39 is 46.6 Å². The first-order valence-corrected chi connectivity index (χ1v) is 10.4. The monoisotopic (exact) mass is 459 g/mol. The highest BCUT2D eigenvalue weighted by atomic mass is 19.1. The van der Waals surface area contributed by atoms with Crippen LogP contribution in [0.1, 0.15) is 17.2 Å². The Morgan fingerprint density at radius 3 is 2.24 bits per heavy atom. The Morgan fingerprint density at radius 1 is 0.794 bits per heavy atom. The number of Topliss-reactive ketones (excluding diaryl/α,β-unsaturated/α-hetero) is 1. The summed E-state index contributed by atoms with van der Waals surface area (Å²) in [6.07, 6.45) is 0. The van der Waals surface area contributed by atoms with Gasteiger partial charge in [0.2, 0.25) is 0 Å². The van der Waals surface area contributed by atoms with Crippen LogP contribution in [0, 0.1) is 17.5 Å². The highest BCUT2D eigenvalue weighted by Gasteiger charge is 2.48. The summed E-state index contributed by atoms with van der Waals surface area (Å²) in [5, 5.41) is 12.7. The first-order valence-electron chi connectivity index (χ1n) is 10.4. The van der Waals surface area contributed by atoms with Gasteiger partial charge in [-0.3, -0.25) is 14.5 Å². The van der Waals surface area contributed by atoms with Gasteiger partial charge in [0, 0.05) is 11.6 Å². The average molecular weight is 459 g/mol. The van der Waals surface area contributed by atoms with Crippen molar-refractivity contribution in [3.8, 4) is 0 Å². The number of ketones is 1. The molecule has 0 radical (unpaired) electrons. The summed E-state index contributed by atoms with van der Waals surface area (Å²) in [7, 11) is 0. The second-order valence-corrected chi connectivity index (χ2v) is 7.84. The summed E-state index contributed by atoms with van der Waals surface area (Å²) in [6, 6.07) is 18.4.